The van der Waals surface area contributed by atoms with Gasteiger partial charge in [-0.25, -0.2) is 0 Å². The second-order valence-corrected chi connectivity index (χ2v) is 7.02. The van der Waals surface area contributed by atoms with E-state index in [9.17, 15) is 9.59 Å². The van der Waals surface area contributed by atoms with Gasteiger partial charge in [0, 0.05) is 29.8 Å². The van der Waals surface area contributed by atoms with Crippen LogP contribution in [0.5, 0.6) is 0 Å². The number of hydrogen-bond acceptors (Lipinski definition) is 4. The smallest absolute Gasteiger partial charge is 0.238 e. The average Bonchev–Trinajstić information content (AvgIpc) is 2.56. The van der Waals surface area contributed by atoms with E-state index in [1.807, 2.05) is 30.0 Å². The minimum Gasteiger partial charge on any atom is -0.355 e. The van der Waals surface area contributed by atoms with E-state index < -0.39 is 0 Å². The first-order chi connectivity index (χ1) is 11.5. The minimum atomic E-state index is -0.0620. The molecule has 0 aliphatic carbocycles. The van der Waals surface area contributed by atoms with E-state index in [1.54, 1.807) is 0 Å². The van der Waals surface area contributed by atoms with E-state index in [-0.39, 0.29) is 17.7 Å². The molecule has 2 amide bonds. The van der Waals surface area contributed by atoms with Gasteiger partial charge >= 0.3 is 0 Å². The highest BCUT2D eigenvalue weighted by molar-refractivity contribution is 9.10. The number of halogens is 1. The molecular formula is C17H25BrN4O2. The first kappa shape index (κ1) is 18.9. The monoisotopic (exact) mass is 396 g/mol. The van der Waals surface area contributed by atoms with E-state index in [0.717, 1.165) is 35.1 Å². The molecule has 1 aliphatic rings. The molecule has 7 heteroatoms. The van der Waals surface area contributed by atoms with Gasteiger partial charge in [0.2, 0.25) is 11.8 Å². The summed E-state index contributed by atoms with van der Waals surface area (Å²) in [6, 6.07) is 5.72. The molecule has 4 N–H and O–H groups in total. The van der Waals surface area contributed by atoms with Crippen molar-refractivity contribution in [2.45, 2.75) is 19.8 Å². The number of hydrogen-bond donors (Lipinski definition) is 3. The van der Waals surface area contributed by atoms with Crippen LogP contribution in [0.15, 0.2) is 22.7 Å². The van der Waals surface area contributed by atoms with Gasteiger partial charge in [-0.05, 0) is 50.1 Å². The normalized spacial score (nSPS) is 18.2. The molecule has 0 aromatic heterocycles. The maximum atomic E-state index is 12.2. The molecule has 0 radical (unpaired) electrons. The van der Waals surface area contributed by atoms with Crippen molar-refractivity contribution >= 4 is 33.4 Å². The second-order valence-electron chi connectivity index (χ2n) is 6.17. The third kappa shape index (κ3) is 5.58. The van der Waals surface area contributed by atoms with E-state index >= 15 is 0 Å². The zero-order valence-corrected chi connectivity index (χ0v) is 15.6. The van der Waals surface area contributed by atoms with Gasteiger partial charge in [-0.2, -0.15) is 0 Å². The molecule has 6 nitrogen and oxygen atoms in total. The van der Waals surface area contributed by atoms with E-state index in [4.69, 9.17) is 5.73 Å². The summed E-state index contributed by atoms with van der Waals surface area (Å²) in [7, 11) is 0. The molecule has 0 saturated carbocycles. The molecule has 132 valence electrons. The van der Waals surface area contributed by atoms with Crippen molar-refractivity contribution in [3.63, 3.8) is 0 Å². The number of carbonyl (C=O) groups is 2. The topological polar surface area (TPSA) is 87.5 Å². The van der Waals surface area contributed by atoms with Crippen LogP contribution in [0, 0.1) is 12.8 Å². The zero-order valence-electron chi connectivity index (χ0n) is 14.0. The van der Waals surface area contributed by atoms with Gasteiger partial charge < -0.3 is 16.4 Å². The Labute approximate surface area is 151 Å². The lowest BCUT2D eigenvalue weighted by Gasteiger charge is -2.31. The van der Waals surface area contributed by atoms with Crippen molar-refractivity contribution < 1.29 is 9.59 Å². The predicted molar refractivity (Wildman–Crippen MR) is 98.7 cm³/mol. The molecule has 1 aliphatic heterocycles. The summed E-state index contributed by atoms with van der Waals surface area (Å²) in [6.45, 7) is 4.68. The quantitative estimate of drug-likeness (QED) is 0.679. The van der Waals surface area contributed by atoms with Gasteiger partial charge in [-0.15, -0.1) is 0 Å². The number of likely N-dealkylation sites (tertiary alicyclic amines) is 1. The third-order valence-electron chi connectivity index (χ3n) is 4.13. The lowest BCUT2D eigenvalue weighted by Crippen LogP contribution is -2.46. The molecule has 0 bridgehead atoms. The van der Waals surface area contributed by atoms with Crippen LogP contribution in [0.1, 0.15) is 18.4 Å². The maximum absolute atomic E-state index is 12.2. The van der Waals surface area contributed by atoms with Crippen LogP contribution < -0.4 is 16.4 Å². The summed E-state index contributed by atoms with van der Waals surface area (Å²) in [4.78, 5) is 26.3. The van der Waals surface area contributed by atoms with Crippen LogP contribution in [-0.2, 0) is 9.59 Å². The molecule has 0 spiro atoms. The number of nitrogens with one attached hydrogen (secondary N) is 2. The van der Waals surface area contributed by atoms with Gasteiger partial charge in [-0.1, -0.05) is 15.9 Å². The standard InChI is InChI=1S/C17H25BrN4O2/c1-12-9-14(4-5-15(12)18)21-16(23)11-22-8-2-3-13(10-22)17(24)20-7-6-19/h4-5,9,13H,2-3,6-8,10-11,19H2,1H3,(H,20,24)(H,21,23). The Bertz CT molecular complexity index is 594. The largest absolute Gasteiger partial charge is 0.355 e. The Morgan fingerprint density at radius 2 is 2.21 bits per heavy atom. The van der Waals surface area contributed by atoms with Gasteiger partial charge in [-0.3, -0.25) is 14.5 Å². The Kier molecular flexibility index (Phi) is 7.20. The van der Waals surface area contributed by atoms with Gasteiger partial charge in [0.05, 0.1) is 12.5 Å². The molecule has 1 heterocycles. The first-order valence-corrected chi connectivity index (χ1v) is 9.05. The first-order valence-electron chi connectivity index (χ1n) is 8.25. The van der Waals surface area contributed by atoms with Gasteiger partial charge in [0.15, 0.2) is 0 Å². The van der Waals surface area contributed by atoms with E-state index in [0.29, 0.717) is 26.2 Å². The average molecular weight is 397 g/mol. The van der Waals surface area contributed by atoms with Crippen molar-refractivity contribution in [3.05, 3.63) is 28.2 Å². The molecule has 1 aromatic rings. The minimum absolute atomic E-state index is 0.0362. The highest BCUT2D eigenvalue weighted by atomic mass is 79.9. The highest BCUT2D eigenvalue weighted by Crippen LogP contribution is 2.20. The van der Waals surface area contributed by atoms with Crippen LogP contribution in [0.2, 0.25) is 0 Å². The molecule has 24 heavy (non-hydrogen) atoms. The number of carbonyl (C=O) groups excluding carboxylic acids is 2. The summed E-state index contributed by atoms with van der Waals surface area (Å²) in [5.41, 5.74) is 7.27. The van der Waals surface area contributed by atoms with Crippen molar-refractivity contribution in [2.24, 2.45) is 11.7 Å². The molecule has 1 aromatic carbocycles. The number of piperidine rings is 1. The SMILES string of the molecule is Cc1cc(NC(=O)CN2CCCC(C(=O)NCCN)C2)ccc1Br. The van der Waals surface area contributed by atoms with Gasteiger partial charge in [0.25, 0.3) is 0 Å². The Balaban J connectivity index is 1.84. The van der Waals surface area contributed by atoms with Crippen molar-refractivity contribution in [2.75, 3.05) is 38.0 Å². The van der Waals surface area contributed by atoms with Crippen LogP contribution in [0.4, 0.5) is 5.69 Å². The number of amides is 2. The maximum Gasteiger partial charge on any atom is 0.238 e. The number of rotatable bonds is 6. The molecule has 2 rings (SSSR count). The van der Waals surface area contributed by atoms with Crippen molar-refractivity contribution in [3.8, 4) is 0 Å². The Morgan fingerprint density at radius 1 is 1.42 bits per heavy atom. The molecule has 1 fully saturated rings. The lowest BCUT2D eigenvalue weighted by molar-refractivity contribution is -0.127. The number of nitrogens with two attached hydrogens (primary N) is 1. The Morgan fingerprint density at radius 3 is 2.92 bits per heavy atom. The number of aryl methyl sites for hydroxylation is 1. The molecule has 1 saturated heterocycles. The summed E-state index contributed by atoms with van der Waals surface area (Å²) in [6.07, 6.45) is 1.78. The van der Waals surface area contributed by atoms with Crippen LogP contribution in [0.3, 0.4) is 0 Å². The molecular weight excluding hydrogens is 372 g/mol. The van der Waals surface area contributed by atoms with Crippen LogP contribution in [0.25, 0.3) is 0 Å². The molecule has 1 unspecified atom stereocenters. The van der Waals surface area contributed by atoms with Crippen molar-refractivity contribution in [1.82, 2.24) is 10.2 Å². The number of anilines is 1. The number of nitrogens with zero attached hydrogens (tertiary/aromatic N) is 1. The zero-order chi connectivity index (χ0) is 17.5. The van der Waals surface area contributed by atoms with Gasteiger partial charge in [0.1, 0.15) is 0 Å². The van der Waals surface area contributed by atoms with E-state index in [1.165, 1.54) is 0 Å². The Hall–Kier alpha value is -1.44. The second kappa shape index (κ2) is 9.15. The fourth-order valence-electron chi connectivity index (χ4n) is 2.88. The van der Waals surface area contributed by atoms with E-state index in [2.05, 4.69) is 26.6 Å². The molecule has 1 atom stereocenters. The summed E-state index contributed by atoms with van der Waals surface area (Å²) < 4.78 is 1.02. The lowest BCUT2D eigenvalue weighted by atomic mass is 9.97. The highest BCUT2D eigenvalue weighted by Gasteiger charge is 2.26. The summed E-state index contributed by atoms with van der Waals surface area (Å²) >= 11 is 3.45. The fraction of sp³-hybridized carbons (Fsp3) is 0.529. The number of benzene rings is 1. The summed E-state index contributed by atoms with van der Waals surface area (Å²) in [5.74, 6) is -0.0816. The summed E-state index contributed by atoms with van der Waals surface area (Å²) in [5, 5.41) is 5.75. The van der Waals surface area contributed by atoms with Crippen LogP contribution in [-0.4, -0.2) is 49.4 Å². The third-order valence-corrected chi connectivity index (χ3v) is 5.02. The van der Waals surface area contributed by atoms with Crippen molar-refractivity contribution in [1.29, 1.82) is 0 Å². The fourth-order valence-corrected chi connectivity index (χ4v) is 3.13. The predicted octanol–water partition coefficient (Wildman–Crippen LogP) is 1.48. The van der Waals surface area contributed by atoms with Crippen LogP contribution >= 0.6 is 15.9 Å².